The Hall–Kier alpha value is -2.93. The largest absolute Gasteiger partial charge is 0.351 e. The van der Waals surface area contributed by atoms with Crippen molar-refractivity contribution in [3.8, 4) is 0 Å². The average molecular weight is 398 g/mol. The molecular formula is C22H27FN4O2. The fourth-order valence-electron chi connectivity index (χ4n) is 3.28. The predicted molar refractivity (Wildman–Crippen MR) is 110 cm³/mol. The summed E-state index contributed by atoms with van der Waals surface area (Å²) in [5.74, 6) is -0.266. The van der Waals surface area contributed by atoms with E-state index in [2.05, 4.69) is 10.6 Å². The maximum absolute atomic E-state index is 13.6. The van der Waals surface area contributed by atoms with Crippen molar-refractivity contribution in [2.24, 2.45) is 0 Å². The fraction of sp³-hybridized carbons (Fsp3) is 0.364. The zero-order chi connectivity index (χ0) is 20.5. The number of urea groups is 1. The third-order valence-corrected chi connectivity index (χ3v) is 4.99. The smallest absolute Gasteiger partial charge is 0.317 e. The number of rotatable bonds is 7. The van der Waals surface area contributed by atoms with Crippen LogP contribution in [-0.4, -0.2) is 61.0 Å². The Morgan fingerprint density at radius 3 is 2.31 bits per heavy atom. The molecule has 0 bridgehead atoms. The van der Waals surface area contributed by atoms with Crippen LogP contribution in [0.1, 0.15) is 11.1 Å². The van der Waals surface area contributed by atoms with Gasteiger partial charge in [0.25, 0.3) is 0 Å². The van der Waals surface area contributed by atoms with Crippen LogP contribution in [0.2, 0.25) is 0 Å². The van der Waals surface area contributed by atoms with Gasteiger partial charge in [-0.05, 0) is 23.6 Å². The minimum atomic E-state index is -0.249. The minimum absolute atomic E-state index is 0.0170. The third kappa shape index (κ3) is 6.57. The summed E-state index contributed by atoms with van der Waals surface area (Å²) in [7, 11) is 0. The van der Waals surface area contributed by atoms with E-state index >= 15 is 0 Å². The monoisotopic (exact) mass is 398 g/mol. The quantitative estimate of drug-likeness (QED) is 0.750. The fourth-order valence-corrected chi connectivity index (χ4v) is 3.28. The van der Waals surface area contributed by atoms with Gasteiger partial charge >= 0.3 is 6.03 Å². The standard InChI is InChI=1S/C22H27FN4O2/c23-20-9-5-4-8-19(20)10-11-24-22(29)27-14-12-26(13-15-27)17-21(28)25-16-18-6-2-1-3-7-18/h1-9H,10-17H2,(H,24,29)(H,25,28). The summed E-state index contributed by atoms with van der Waals surface area (Å²) in [6.07, 6.45) is 0.458. The molecule has 3 amide bonds. The molecule has 0 radical (unpaired) electrons. The Labute approximate surface area is 170 Å². The first-order valence-electron chi connectivity index (χ1n) is 9.91. The second kappa shape index (κ2) is 10.6. The molecule has 0 aromatic heterocycles. The Bertz CT molecular complexity index is 807. The topological polar surface area (TPSA) is 64.7 Å². The van der Waals surface area contributed by atoms with Crippen molar-refractivity contribution >= 4 is 11.9 Å². The van der Waals surface area contributed by atoms with Crippen molar-refractivity contribution in [3.63, 3.8) is 0 Å². The maximum Gasteiger partial charge on any atom is 0.317 e. The molecule has 29 heavy (non-hydrogen) atoms. The number of amides is 3. The van der Waals surface area contributed by atoms with E-state index in [-0.39, 0.29) is 17.8 Å². The van der Waals surface area contributed by atoms with E-state index in [1.165, 1.54) is 6.07 Å². The van der Waals surface area contributed by atoms with Crippen molar-refractivity contribution < 1.29 is 14.0 Å². The van der Waals surface area contributed by atoms with Gasteiger partial charge in [0, 0.05) is 39.3 Å². The van der Waals surface area contributed by atoms with Crippen molar-refractivity contribution in [3.05, 3.63) is 71.5 Å². The van der Waals surface area contributed by atoms with Crippen LogP contribution in [0.25, 0.3) is 0 Å². The van der Waals surface area contributed by atoms with Crippen LogP contribution in [0.3, 0.4) is 0 Å². The molecule has 2 aromatic rings. The van der Waals surface area contributed by atoms with Crippen LogP contribution in [0, 0.1) is 5.82 Å². The zero-order valence-electron chi connectivity index (χ0n) is 16.4. The predicted octanol–water partition coefficient (Wildman–Crippen LogP) is 2.01. The minimum Gasteiger partial charge on any atom is -0.351 e. The lowest BCUT2D eigenvalue weighted by Gasteiger charge is -2.34. The number of hydrogen-bond donors (Lipinski definition) is 2. The molecule has 3 rings (SSSR count). The lowest BCUT2D eigenvalue weighted by atomic mass is 10.1. The number of carbonyl (C=O) groups is 2. The lowest BCUT2D eigenvalue weighted by molar-refractivity contribution is -0.122. The molecule has 7 heteroatoms. The van der Waals surface area contributed by atoms with Gasteiger partial charge < -0.3 is 15.5 Å². The molecule has 0 saturated carbocycles. The molecule has 0 atom stereocenters. The summed E-state index contributed by atoms with van der Waals surface area (Å²) in [5, 5.41) is 5.77. The molecule has 1 saturated heterocycles. The van der Waals surface area contributed by atoms with E-state index in [1.54, 1.807) is 23.1 Å². The average Bonchev–Trinajstić information content (AvgIpc) is 2.75. The summed E-state index contributed by atoms with van der Waals surface area (Å²) in [6, 6.07) is 16.2. The van der Waals surface area contributed by atoms with Crippen LogP contribution in [0.15, 0.2) is 54.6 Å². The van der Waals surface area contributed by atoms with Gasteiger partial charge in [0.2, 0.25) is 5.91 Å². The summed E-state index contributed by atoms with van der Waals surface area (Å²) >= 11 is 0. The number of halogens is 1. The Morgan fingerprint density at radius 2 is 1.59 bits per heavy atom. The molecule has 154 valence electrons. The molecule has 1 aliphatic heterocycles. The molecular weight excluding hydrogens is 371 g/mol. The van der Waals surface area contributed by atoms with E-state index in [1.807, 2.05) is 35.2 Å². The second-order valence-corrected chi connectivity index (χ2v) is 7.10. The van der Waals surface area contributed by atoms with Crippen LogP contribution < -0.4 is 10.6 Å². The summed E-state index contributed by atoms with van der Waals surface area (Å²) in [4.78, 5) is 28.2. The van der Waals surface area contributed by atoms with Gasteiger partial charge in [-0.1, -0.05) is 48.5 Å². The number of hydrogen-bond acceptors (Lipinski definition) is 3. The molecule has 0 unspecified atom stereocenters. The number of benzene rings is 2. The van der Waals surface area contributed by atoms with E-state index in [0.29, 0.717) is 57.8 Å². The normalized spacial score (nSPS) is 14.4. The van der Waals surface area contributed by atoms with Gasteiger partial charge in [-0.2, -0.15) is 0 Å². The van der Waals surface area contributed by atoms with Gasteiger partial charge in [0.15, 0.2) is 0 Å². The van der Waals surface area contributed by atoms with E-state index < -0.39 is 0 Å². The van der Waals surface area contributed by atoms with Gasteiger partial charge in [-0.15, -0.1) is 0 Å². The first kappa shape index (κ1) is 20.8. The van der Waals surface area contributed by atoms with Crippen LogP contribution in [-0.2, 0) is 17.8 Å². The molecule has 2 N–H and O–H groups in total. The van der Waals surface area contributed by atoms with Crippen LogP contribution >= 0.6 is 0 Å². The van der Waals surface area contributed by atoms with Crippen molar-refractivity contribution in [1.82, 2.24) is 20.4 Å². The van der Waals surface area contributed by atoms with Crippen molar-refractivity contribution in [2.75, 3.05) is 39.3 Å². The lowest BCUT2D eigenvalue weighted by Crippen LogP contribution is -2.53. The Morgan fingerprint density at radius 1 is 0.897 bits per heavy atom. The SMILES string of the molecule is O=C(CN1CCN(C(=O)NCCc2ccccc2F)CC1)NCc1ccccc1. The van der Waals surface area contributed by atoms with Gasteiger partial charge in [-0.3, -0.25) is 9.69 Å². The van der Waals surface area contributed by atoms with E-state index in [0.717, 1.165) is 5.56 Å². The van der Waals surface area contributed by atoms with Crippen molar-refractivity contribution in [1.29, 1.82) is 0 Å². The van der Waals surface area contributed by atoms with Gasteiger partial charge in [-0.25, -0.2) is 9.18 Å². The number of carbonyl (C=O) groups excluding carboxylic acids is 2. The summed E-state index contributed by atoms with van der Waals surface area (Å²) in [6.45, 7) is 3.68. The highest BCUT2D eigenvalue weighted by Gasteiger charge is 2.22. The number of nitrogens with one attached hydrogen (secondary N) is 2. The van der Waals surface area contributed by atoms with Crippen molar-refractivity contribution in [2.45, 2.75) is 13.0 Å². The van der Waals surface area contributed by atoms with Crippen LogP contribution in [0.5, 0.6) is 0 Å². The first-order valence-corrected chi connectivity index (χ1v) is 9.91. The van der Waals surface area contributed by atoms with Gasteiger partial charge in [0.1, 0.15) is 5.82 Å². The highest BCUT2D eigenvalue weighted by atomic mass is 19.1. The molecule has 1 fully saturated rings. The van der Waals surface area contributed by atoms with Crippen LogP contribution in [0.4, 0.5) is 9.18 Å². The van der Waals surface area contributed by atoms with E-state index in [4.69, 9.17) is 0 Å². The summed E-state index contributed by atoms with van der Waals surface area (Å²) in [5.41, 5.74) is 1.66. The molecule has 0 spiro atoms. The van der Waals surface area contributed by atoms with Gasteiger partial charge in [0.05, 0.1) is 6.54 Å². The zero-order valence-corrected chi connectivity index (χ0v) is 16.4. The number of nitrogens with zero attached hydrogens (tertiary/aromatic N) is 2. The number of piperazine rings is 1. The molecule has 1 heterocycles. The molecule has 0 aliphatic carbocycles. The molecule has 1 aliphatic rings. The Balaban J connectivity index is 1.32. The molecule has 6 nitrogen and oxygen atoms in total. The Kier molecular flexibility index (Phi) is 7.58. The highest BCUT2D eigenvalue weighted by molar-refractivity contribution is 5.78. The molecule has 2 aromatic carbocycles. The summed E-state index contributed by atoms with van der Waals surface area (Å²) < 4.78 is 13.6. The first-order chi connectivity index (χ1) is 14.1. The third-order valence-electron chi connectivity index (χ3n) is 4.99. The highest BCUT2D eigenvalue weighted by Crippen LogP contribution is 2.07. The second-order valence-electron chi connectivity index (χ2n) is 7.10. The maximum atomic E-state index is 13.6. The van der Waals surface area contributed by atoms with E-state index in [9.17, 15) is 14.0 Å².